The number of rotatable bonds is 4. The monoisotopic (exact) mass is 318 g/mol. The first kappa shape index (κ1) is 16.4. The number of carbonyl (C=O) groups excluding carboxylic acids is 1. The molecule has 2 saturated heterocycles. The summed E-state index contributed by atoms with van der Waals surface area (Å²) in [6, 6.07) is 10.6. The quantitative estimate of drug-likeness (QED) is 0.860. The maximum absolute atomic E-state index is 12.2. The van der Waals surface area contributed by atoms with E-state index in [4.69, 9.17) is 9.57 Å². The van der Waals surface area contributed by atoms with Crippen molar-refractivity contribution in [3.63, 3.8) is 0 Å². The van der Waals surface area contributed by atoms with E-state index in [2.05, 4.69) is 48.5 Å². The molecular weight excluding hydrogens is 292 g/mol. The zero-order valence-electron chi connectivity index (χ0n) is 14.1. The van der Waals surface area contributed by atoms with E-state index in [1.807, 2.05) is 13.0 Å². The minimum Gasteiger partial charge on any atom is -0.464 e. The molecule has 126 valence electrons. The Morgan fingerprint density at radius 1 is 1.39 bits per heavy atom. The lowest BCUT2D eigenvalue weighted by Gasteiger charge is -2.45. The number of piperidine rings is 1. The largest absolute Gasteiger partial charge is 0.464 e. The molecule has 0 aliphatic carbocycles. The van der Waals surface area contributed by atoms with E-state index in [0.717, 1.165) is 19.6 Å². The zero-order valence-corrected chi connectivity index (χ0v) is 14.1. The topological polar surface area (TPSA) is 50.8 Å². The Morgan fingerprint density at radius 3 is 2.83 bits per heavy atom. The Bertz CT molecular complexity index is 546. The molecule has 0 aromatic heterocycles. The van der Waals surface area contributed by atoms with E-state index < -0.39 is 6.10 Å². The van der Waals surface area contributed by atoms with Crippen LogP contribution in [0.25, 0.3) is 0 Å². The number of fused-ring (bicyclic) bond motifs is 1. The fourth-order valence-corrected chi connectivity index (χ4v) is 3.88. The fourth-order valence-electron chi connectivity index (χ4n) is 3.88. The second-order valence-electron chi connectivity index (χ2n) is 7.19. The van der Waals surface area contributed by atoms with E-state index in [1.54, 1.807) is 0 Å². The highest BCUT2D eigenvalue weighted by Gasteiger charge is 2.52. The van der Waals surface area contributed by atoms with Crippen LogP contribution in [0.3, 0.4) is 0 Å². The third-order valence-corrected chi connectivity index (χ3v) is 4.85. The van der Waals surface area contributed by atoms with E-state index in [-0.39, 0.29) is 23.3 Å². The lowest BCUT2D eigenvalue weighted by molar-refractivity contribution is -0.158. The predicted octanol–water partition coefficient (Wildman–Crippen LogP) is 1.98. The summed E-state index contributed by atoms with van der Waals surface area (Å²) in [4.78, 5) is 20.2. The second-order valence-corrected chi connectivity index (χ2v) is 7.19. The second kappa shape index (κ2) is 6.59. The van der Waals surface area contributed by atoms with Crippen LogP contribution in [0, 0.1) is 11.3 Å². The number of hydroxylamine groups is 1. The molecule has 5 nitrogen and oxygen atoms in total. The lowest BCUT2D eigenvalue weighted by atomic mass is 9.72. The SMILES string of the molecule is CCOC(=O)[C@@H]1ON[C@H]2[C@H]1CN(Cc1ccccc1)CC2(C)C. The van der Waals surface area contributed by atoms with Gasteiger partial charge in [0.1, 0.15) is 0 Å². The van der Waals surface area contributed by atoms with Crippen molar-refractivity contribution < 1.29 is 14.4 Å². The van der Waals surface area contributed by atoms with Gasteiger partial charge in [-0.15, -0.1) is 0 Å². The highest BCUT2D eigenvalue weighted by molar-refractivity contribution is 5.75. The molecule has 3 rings (SSSR count). The average Bonchev–Trinajstić information content (AvgIpc) is 2.93. The first-order chi connectivity index (χ1) is 11.0. The van der Waals surface area contributed by atoms with Crippen molar-refractivity contribution in [2.45, 2.75) is 39.5 Å². The Morgan fingerprint density at radius 2 is 2.13 bits per heavy atom. The van der Waals surface area contributed by atoms with Crippen LogP contribution in [0.15, 0.2) is 30.3 Å². The van der Waals surface area contributed by atoms with E-state index in [0.29, 0.717) is 6.61 Å². The maximum atomic E-state index is 12.2. The first-order valence-electron chi connectivity index (χ1n) is 8.35. The van der Waals surface area contributed by atoms with Crippen molar-refractivity contribution in [3.05, 3.63) is 35.9 Å². The smallest absolute Gasteiger partial charge is 0.337 e. The van der Waals surface area contributed by atoms with Gasteiger partial charge in [0, 0.05) is 31.6 Å². The van der Waals surface area contributed by atoms with Crippen molar-refractivity contribution in [1.29, 1.82) is 0 Å². The Labute approximate surface area is 137 Å². The molecule has 1 aromatic carbocycles. The number of carbonyl (C=O) groups is 1. The Hall–Kier alpha value is -1.43. The molecule has 0 amide bonds. The summed E-state index contributed by atoms with van der Waals surface area (Å²) in [5.41, 5.74) is 4.41. The molecule has 5 heteroatoms. The van der Waals surface area contributed by atoms with Crippen LogP contribution in [0.2, 0.25) is 0 Å². The van der Waals surface area contributed by atoms with Gasteiger partial charge in [-0.2, -0.15) is 5.48 Å². The molecule has 23 heavy (non-hydrogen) atoms. The third kappa shape index (κ3) is 3.42. The molecular formula is C18H26N2O3. The number of esters is 1. The molecule has 2 aliphatic rings. The van der Waals surface area contributed by atoms with Gasteiger partial charge in [-0.05, 0) is 17.9 Å². The number of ether oxygens (including phenoxy) is 1. The zero-order chi connectivity index (χ0) is 16.4. The van der Waals surface area contributed by atoms with Gasteiger partial charge in [0.2, 0.25) is 0 Å². The fraction of sp³-hybridized carbons (Fsp3) is 0.611. The summed E-state index contributed by atoms with van der Waals surface area (Å²) < 4.78 is 5.17. The summed E-state index contributed by atoms with van der Waals surface area (Å²) in [7, 11) is 0. The Kier molecular flexibility index (Phi) is 4.71. The van der Waals surface area contributed by atoms with Crippen LogP contribution >= 0.6 is 0 Å². The number of benzene rings is 1. The number of likely N-dealkylation sites (tertiary alicyclic amines) is 1. The summed E-state index contributed by atoms with van der Waals surface area (Å²) in [5, 5.41) is 0. The standard InChI is InChI=1S/C18H26N2O3/c1-4-22-17(21)15-14-11-20(10-13-8-6-5-7-9-13)12-18(2,3)16(14)19-23-15/h5-9,14-16,19H,4,10-12H2,1-3H3/t14-,15+,16-/m0/s1. The minimum absolute atomic E-state index is 0.0267. The molecule has 1 N–H and O–H groups in total. The summed E-state index contributed by atoms with van der Waals surface area (Å²) in [5.74, 6) is -0.147. The highest BCUT2D eigenvalue weighted by atomic mass is 16.7. The molecule has 2 fully saturated rings. The van der Waals surface area contributed by atoms with Crippen molar-refractivity contribution in [2.24, 2.45) is 11.3 Å². The van der Waals surface area contributed by atoms with Crippen molar-refractivity contribution >= 4 is 5.97 Å². The van der Waals surface area contributed by atoms with Gasteiger partial charge in [-0.1, -0.05) is 44.2 Å². The van der Waals surface area contributed by atoms with Crippen molar-refractivity contribution in [1.82, 2.24) is 10.4 Å². The number of hydrogen-bond donors (Lipinski definition) is 1. The summed E-state index contributed by atoms with van der Waals surface area (Å²) >= 11 is 0. The van der Waals surface area contributed by atoms with Gasteiger partial charge in [0.05, 0.1) is 6.61 Å². The average molecular weight is 318 g/mol. The van der Waals surface area contributed by atoms with Crippen molar-refractivity contribution in [2.75, 3.05) is 19.7 Å². The van der Waals surface area contributed by atoms with Gasteiger partial charge in [-0.25, -0.2) is 4.79 Å². The normalized spacial score (nSPS) is 30.0. The number of nitrogens with one attached hydrogen (secondary N) is 1. The summed E-state index contributed by atoms with van der Waals surface area (Å²) in [6.45, 7) is 9.35. The van der Waals surface area contributed by atoms with E-state index in [1.165, 1.54) is 5.56 Å². The van der Waals surface area contributed by atoms with Crippen LogP contribution in [0.4, 0.5) is 0 Å². The molecule has 1 aromatic rings. The van der Waals surface area contributed by atoms with Gasteiger partial charge in [0.25, 0.3) is 0 Å². The number of nitrogens with zero attached hydrogens (tertiary/aromatic N) is 1. The van der Waals surface area contributed by atoms with Crippen LogP contribution in [-0.2, 0) is 20.9 Å². The minimum atomic E-state index is -0.516. The van der Waals surface area contributed by atoms with Crippen LogP contribution in [-0.4, -0.2) is 42.7 Å². The first-order valence-corrected chi connectivity index (χ1v) is 8.35. The highest BCUT2D eigenvalue weighted by Crippen LogP contribution is 2.39. The van der Waals surface area contributed by atoms with Crippen molar-refractivity contribution in [3.8, 4) is 0 Å². The molecule has 0 saturated carbocycles. The summed E-state index contributed by atoms with van der Waals surface area (Å²) in [6.07, 6.45) is -0.516. The molecule has 0 bridgehead atoms. The molecule has 3 atom stereocenters. The van der Waals surface area contributed by atoms with E-state index in [9.17, 15) is 4.79 Å². The van der Waals surface area contributed by atoms with Crippen LogP contribution in [0.5, 0.6) is 0 Å². The molecule has 2 aliphatic heterocycles. The van der Waals surface area contributed by atoms with Gasteiger partial charge < -0.3 is 4.74 Å². The van der Waals surface area contributed by atoms with E-state index >= 15 is 0 Å². The van der Waals surface area contributed by atoms with Crippen LogP contribution < -0.4 is 5.48 Å². The van der Waals surface area contributed by atoms with Crippen LogP contribution in [0.1, 0.15) is 26.3 Å². The third-order valence-electron chi connectivity index (χ3n) is 4.85. The molecule has 0 radical (unpaired) electrons. The number of hydrogen-bond acceptors (Lipinski definition) is 5. The van der Waals surface area contributed by atoms with Gasteiger partial charge in [-0.3, -0.25) is 9.74 Å². The predicted molar refractivity (Wildman–Crippen MR) is 87.4 cm³/mol. The molecule has 0 unspecified atom stereocenters. The molecule has 2 heterocycles. The van der Waals surface area contributed by atoms with Gasteiger partial charge in [0.15, 0.2) is 6.10 Å². The Balaban J connectivity index is 1.75. The maximum Gasteiger partial charge on any atom is 0.337 e. The molecule has 0 spiro atoms. The lowest BCUT2D eigenvalue weighted by Crippen LogP contribution is -2.57. The van der Waals surface area contributed by atoms with Gasteiger partial charge >= 0.3 is 5.97 Å².